The maximum absolute atomic E-state index is 9.06. The summed E-state index contributed by atoms with van der Waals surface area (Å²) in [6.07, 6.45) is 6.09. The van der Waals surface area contributed by atoms with E-state index in [9.17, 15) is 0 Å². The fraction of sp³-hybridized carbons (Fsp3) is 0.533. The second kappa shape index (κ2) is 5.76. The minimum absolute atomic E-state index is 0.414. The van der Waals surface area contributed by atoms with Crippen LogP contribution in [0.25, 0.3) is 10.8 Å². The SMILES string of the molecule is CCC1CCCC(c2noc(-c3sccc3C#N)n2)C1. The molecule has 0 aromatic carbocycles. The van der Waals surface area contributed by atoms with E-state index in [1.165, 1.54) is 30.6 Å². The summed E-state index contributed by atoms with van der Waals surface area (Å²) in [5.41, 5.74) is 0.611. The number of rotatable bonds is 3. The topological polar surface area (TPSA) is 62.7 Å². The van der Waals surface area contributed by atoms with E-state index in [1.807, 2.05) is 5.38 Å². The number of aromatic nitrogens is 2. The summed E-state index contributed by atoms with van der Waals surface area (Å²) in [5.74, 6) is 2.50. The van der Waals surface area contributed by atoms with Crippen LogP contribution in [0.15, 0.2) is 16.0 Å². The minimum atomic E-state index is 0.414. The molecule has 2 atom stereocenters. The molecule has 0 N–H and O–H groups in total. The van der Waals surface area contributed by atoms with E-state index in [4.69, 9.17) is 9.78 Å². The van der Waals surface area contributed by atoms with Gasteiger partial charge in [0.05, 0.1) is 5.56 Å². The van der Waals surface area contributed by atoms with Crippen LogP contribution < -0.4 is 0 Å². The van der Waals surface area contributed by atoms with E-state index in [0.717, 1.165) is 29.5 Å². The van der Waals surface area contributed by atoms with Crippen molar-refractivity contribution in [2.24, 2.45) is 5.92 Å². The average molecular weight is 287 g/mol. The fourth-order valence-electron chi connectivity index (χ4n) is 2.95. The maximum atomic E-state index is 9.06. The van der Waals surface area contributed by atoms with Crippen molar-refractivity contribution in [3.05, 3.63) is 22.8 Å². The van der Waals surface area contributed by atoms with Crippen LogP contribution in [-0.4, -0.2) is 10.1 Å². The van der Waals surface area contributed by atoms with Crippen LogP contribution >= 0.6 is 11.3 Å². The number of hydrogen-bond donors (Lipinski definition) is 0. The highest BCUT2D eigenvalue weighted by molar-refractivity contribution is 7.13. The van der Waals surface area contributed by atoms with Crippen LogP contribution in [0, 0.1) is 17.2 Å². The van der Waals surface area contributed by atoms with Gasteiger partial charge in [-0.25, -0.2) is 0 Å². The number of thiophene rings is 1. The molecule has 0 saturated heterocycles. The lowest BCUT2D eigenvalue weighted by Gasteiger charge is -2.26. The number of nitriles is 1. The summed E-state index contributed by atoms with van der Waals surface area (Å²) in [5, 5.41) is 15.1. The molecule has 0 aliphatic heterocycles. The van der Waals surface area contributed by atoms with Crippen molar-refractivity contribution < 1.29 is 4.52 Å². The molecular formula is C15H17N3OS. The highest BCUT2D eigenvalue weighted by Gasteiger charge is 2.26. The van der Waals surface area contributed by atoms with E-state index >= 15 is 0 Å². The van der Waals surface area contributed by atoms with Gasteiger partial charge in [0.25, 0.3) is 5.89 Å². The molecule has 4 nitrogen and oxygen atoms in total. The molecule has 2 aromatic heterocycles. The van der Waals surface area contributed by atoms with Gasteiger partial charge < -0.3 is 4.52 Å². The van der Waals surface area contributed by atoms with Crippen LogP contribution in [0.2, 0.25) is 0 Å². The Bertz CT molecular complexity index is 625. The van der Waals surface area contributed by atoms with Crippen molar-refractivity contribution in [2.45, 2.75) is 44.9 Å². The van der Waals surface area contributed by atoms with Gasteiger partial charge in [-0.15, -0.1) is 11.3 Å². The molecule has 1 aliphatic carbocycles. The Labute approximate surface area is 122 Å². The lowest BCUT2D eigenvalue weighted by molar-refractivity contribution is 0.300. The average Bonchev–Trinajstić information content (AvgIpc) is 3.15. The Hall–Kier alpha value is -1.67. The lowest BCUT2D eigenvalue weighted by atomic mass is 9.80. The van der Waals surface area contributed by atoms with E-state index in [1.54, 1.807) is 6.07 Å². The molecule has 0 amide bonds. The molecule has 20 heavy (non-hydrogen) atoms. The van der Waals surface area contributed by atoms with Gasteiger partial charge in [-0.2, -0.15) is 10.2 Å². The second-order valence-electron chi connectivity index (χ2n) is 5.37. The Morgan fingerprint density at radius 2 is 2.40 bits per heavy atom. The molecule has 3 rings (SSSR count). The first-order valence-electron chi connectivity index (χ1n) is 7.13. The van der Waals surface area contributed by atoms with Crippen LogP contribution in [-0.2, 0) is 0 Å². The van der Waals surface area contributed by atoms with Crippen molar-refractivity contribution in [1.29, 1.82) is 5.26 Å². The van der Waals surface area contributed by atoms with Gasteiger partial charge in [-0.3, -0.25) is 0 Å². The Morgan fingerprint density at radius 3 is 3.20 bits per heavy atom. The zero-order chi connectivity index (χ0) is 13.9. The summed E-state index contributed by atoms with van der Waals surface area (Å²) >= 11 is 1.47. The van der Waals surface area contributed by atoms with Crippen LogP contribution in [0.1, 0.15) is 56.3 Å². The molecule has 0 spiro atoms. The highest BCUT2D eigenvalue weighted by atomic mass is 32.1. The van der Waals surface area contributed by atoms with Crippen LogP contribution in [0.4, 0.5) is 0 Å². The molecule has 0 radical (unpaired) electrons. The summed E-state index contributed by atoms with van der Waals surface area (Å²) in [7, 11) is 0. The molecule has 104 valence electrons. The number of nitrogens with zero attached hydrogens (tertiary/aromatic N) is 3. The smallest absolute Gasteiger partial charge is 0.269 e. The third kappa shape index (κ3) is 2.48. The van der Waals surface area contributed by atoms with E-state index in [-0.39, 0.29) is 0 Å². The first-order chi connectivity index (χ1) is 9.81. The van der Waals surface area contributed by atoms with Crippen LogP contribution in [0.5, 0.6) is 0 Å². The normalized spacial score (nSPS) is 22.6. The second-order valence-corrected chi connectivity index (χ2v) is 6.29. The largest absolute Gasteiger partial charge is 0.333 e. The van der Waals surface area contributed by atoms with Gasteiger partial charge in [0.1, 0.15) is 10.9 Å². The molecule has 2 heterocycles. The summed E-state index contributed by atoms with van der Waals surface area (Å²) in [6, 6.07) is 3.95. The van der Waals surface area contributed by atoms with Gasteiger partial charge in [0.15, 0.2) is 5.82 Å². The van der Waals surface area contributed by atoms with Crippen LogP contribution in [0.3, 0.4) is 0 Å². The van der Waals surface area contributed by atoms with Crippen molar-refractivity contribution in [3.63, 3.8) is 0 Å². The van der Waals surface area contributed by atoms with Gasteiger partial charge >= 0.3 is 0 Å². The molecular weight excluding hydrogens is 270 g/mol. The molecule has 0 bridgehead atoms. The van der Waals surface area contributed by atoms with Gasteiger partial charge in [0.2, 0.25) is 0 Å². The van der Waals surface area contributed by atoms with E-state index < -0.39 is 0 Å². The molecule has 2 unspecified atom stereocenters. The Morgan fingerprint density at radius 1 is 1.50 bits per heavy atom. The Balaban J connectivity index is 1.82. The summed E-state index contributed by atoms with van der Waals surface area (Å²) in [6.45, 7) is 2.25. The van der Waals surface area contributed by atoms with Gasteiger partial charge in [0, 0.05) is 5.92 Å². The van der Waals surface area contributed by atoms with Gasteiger partial charge in [-0.1, -0.05) is 31.3 Å². The van der Waals surface area contributed by atoms with Gasteiger partial charge in [-0.05, 0) is 30.2 Å². The highest BCUT2D eigenvalue weighted by Crippen LogP contribution is 2.37. The van der Waals surface area contributed by atoms with Crippen molar-refractivity contribution in [2.75, 3.05) is 0 Å². The molecule has 1 saturated carbocycles. The quantitative estimate of drug-likeness (QED) is 0.841. The van der Waals surface area contributed by atoms with Crippen molar-refractivity contribution >= 4 is 11.3 Å². The van der Waals surface area contributed by atoms with Crippen molar-refractivity contribution in [3.8, 4) is 16.8 Å². The molecule has 5 heteroatoms. The minimum Gasteiger partial charge on any atom is -0.333 e. The molecule has 2 aromatic rings. The molecule has 1 fully saturated rings. The van der Waals surface area contributed by atoms with E-state index in [2.05, 4.69) is 23.1 Å². The summed E-state index contributed by atoms with van der Waals surface area (Å²) < 4.78 is 5.37. The first-order valence-corrected chi connectivity index (χ1v) is 8.01. The lowest BCUT2D eigenvalue weighted by Crippen LogP contribution is -2.14. The Kier molecular flexibility index (Phi) is 3.83. The molecule has 1 aliphatic rings. The first kappa shape index (κ1) is 13.3. The fourth-order valence-corrected chi connectivity index (χ4v) is 3.72. The predicted molar refractivity (Wildman–Crippen MR) is 77.3 cm³/mol. The summed E-state index contributed by atoms with van der Waals surface area (Å²) in [4.78, 5) is 5.32. The number of hydrogen-bond acceptors (Lipinski definition) is 5. The third-order valence-electron chi connectivity index (χ3n) is 4.15. The van der Waals surface area contributed by atoms with E-state index in [0.29, 0.717) is 17.4 Å². The third-order valence-corrected chi connectivity index (χ3v) is 5.05. The monoisotopic (exact) mass is 287 g/mol. The van der Waals surface area contributed by atoms with Crippen molar-refractivity contribution in [1.82, 2.24) is 10.1 Å². The zero-order valence-electron chi connectivity index (χ0n) is 11.5. The predicted octanol–water partition coefficient (Wildman–Crippen LogP) is 4.35. The standard InChI is InChI=1S/C15H17N3OS/c1-2-10-4-3-5-11(8-10)14-17-15(19-18-14)13-12(9-16)6-7-20-13/h6-7,10-11H,2-5,8H2,1H3. The zero-order valence-corrected chi connectivity index (χ0v) is 12.3. The maximum Gasteiger partial charge on any atom is 0.269 e.